The lowest BCUT2D eigenvalue weighted by Gasteiger charge is -2.19. The Kier molecular flexibility index (Phi) is 6.16. The summed E-state index contributed by atoms with van der Waals surface area (Å²) in [6, 6.07) is 25.2. The number of carbonyl (C=O) groups excluding carboxylic acids is 1. The second kappa shape index (κ2) is 9.04. The van der Waals surface area contributed by atoms with Crippen LogP contribution in [-0.4, -0.2) is 17.0 Å². The van der Waals surface area contributed by atoms with Crippen molar-refractivity contribution in [2.75, 3.05) is 5.32 Å². The highest BCUT2D eigenvalue weighted by Gasteiger charge is 2.22. The Labute approximate surface area is 197 Å². The predicted octanol–water partition coefficient (Wildman–Crippen LogP) is 7.33. The van der Waals surface area contributed by atoms with Crippen molar-refractivity contribution < 1.29 is 14.7 Å². The van der Waals surface area contributed by atoms with Gasteiger partial charge in [-0.25, -0.2) is 4.79 Å². The lowest BCUT2D eigenvalue weighted by Crippen LogP contribution is -2.15. The molecule has 166 valence electrons. The standard InChI is InChI=1S/C28H25NO3S/c1-28(2,3)22-15-13-21(14-16-22)25(30)29-26-24(27(31)32)23(17-33-26)20-11-9-19(10-12-20)18-7-5-4-6-8-18/h4-17H,1-3H3,(H,29,30)(H,31,32). The van der Waals surface area contributed by atoms with Crippen LogP contribution in [0.5, 0.6) is 0 Å². The average molecular weight is 456 g/mol. The van der Waals surface area contributed by atoms with Crippen molar-refractivity contribution >= 4 is 28.2 Å². The van der Waals surface area contributed by atoms with E-state index in [1.54, 1.807) is 17.5 Å². The zero-order valence-electron chi connectivity index (χ0n) is 18.8. The second-order valence-corrected chi connectivity index (χ2v) is 9.76. The number of benzene rings is 3. The molecule has 0 saturated heterocycles. The largest absolute Gasteiger partial charge is 0.478 e. The molecule has 5 heteroatoms. The van der Waals surface area contributed by atoms with Gasteiger partial charge in [-0.3, -0.25) is 4.79 Å². The molecule has 0 aliphatic carbocycles. The smallest absolute Gasteiger partial charge is 0.339 e. The fourth-order valence-electron chi connectivity index (χ4n) is 3.64. The van der Waals surface area contributed by atoms with E-state index in [1.165, 1.54) is 11.3 Å². The molecule has 1 aromatic heterocycles. The molecule has 3 aromatic carbocycles. The quantitative estimate of drug-likeness (QED) is 0.331. The van der Waals surface area contributed by atoms with Gasteiger partial charge in [0.15, 0.2) is 0 Å². The van der Waals surface area contributed by atoms with E-state index >= 15 is 0 Å². The van der Waals surface area contributed by atoms with E-state index in [-0.39, 0.29) is 16.9 Å². The van der Waals surface area contributed by atoms with Gasteiger partial charge in [-0.15, -0.1) is 11.3 Å². The molecule has 0 radical (unpaired) electrons. The molecule has 1 amide bonds. The third-order valence-corrected chi connectivity index (χ3v) is 6.44. The zero-order chi connectivity index (χ0) is 23.6. The van der Waals surface area contributed by atoms with Crippen LogP contribution in [0.15, 0.2) is 84.2 Å². The maximum atomic E-state index is 12.8. The topological polar surface area (TPSA) is 66.4 Å². The Balaban J connectivity index is 1.59. The molecule has 0 spiro atoms. The molecular weight excluding hydrogens is 430 g/mol. The van der Waals surface area contributed by atoms with Gasteiger partial charge in [-0.2, -0.15) is 0 Å². The number of carboxylic acids is 1. The minimum atomic E-state index is -1.07. The monoisotopic (exact) mass is 455 g/mol. The first-order chi connectivity index (χ1) is 15.7. The third-order valence-electron chi connectivity index (χ3n) is 5.55. The number of hydrogen-bond donors (Lipinski definition) is 2. The van der Waals surface area contributed by atoms with Crippen molar-refractivity contribution in [2.45, 2.75) is 26.2 Å². The molecule has 0 unspecified atom stereocenters. The Morgan fingerprint density at radius 2 is 1.36 bits per heavy atom. The van der Waals surface area contributed by atoms with Crippen molar-refractivity contribution in [3.63, 3.8) is 0 Å². The lowest BCUT2D eigenvalue weighted by molar-refractivity contribution is 0.0699. The highest BCUT2D eigenvalue weighted by Crippen LogP contribution is 2.37. The number of amides is 1. The number of hydrogen-bond acceptors (Lipinski definition) is 3. The maximum Gasteiger partial charge on any atom is 0.339 e. The van der Waals surface area contributed by atoms with Crippen molar-refractivity contribution in [3.05, 3.63) is 101 Å². The summed E-state index contributed by atoms with van der Waals surface area (Å²) in [4.78, 5) is 24.9. The molecule has 0 aliphatic heterocycles. The number of anilines is 1. The van der Waals surface area contributed by atoms with Crippen LogP contribution in [0.2, 0.25) is 0 Å². The van der Waals surface area contributed by atoms with Crippen LogP contribution in [0, 0.1) is 0 Å². The predicted molar refractivity (Wildman–Crippen MR) is 135 cm³/mol. The number of carboxylic acid groups (broad SMARTS) is 1. The van der Waals surface area contributed by atoms with E-state index in [1.807, 2.05) is 66.7 Å². The summed E-state index contributed by atoms with van der Waals surface area (Å²) >= 11 is 1.22. The van der Waals surface area contributed by atoms with Gasteiger partial charge in [-0.05, 0) is 39.8 Å². The number of rotatable bonds is 5. The van der Waals surface area contributed by atoms with Gasteiger partial charge in [0.2, 0.25) is 0 Å². The van der Waals surface area contributed by atoms with Crippen LogP contribution in [0.1, 0.15) is 47.1 Å². The first kappa shape index (κ1) is 22.5. The van der Waals surface area contributed by atoms with Gasteiger partial charge >= 0.3 is 5.97 Å². The average Bonchev–Trinajstić information content (AvgIpc) is 3.23. The molecule has 0 fully saturated rings. The van der Waals surface area contributed by atoms with E-state index in [2.05, 4.69) is 26.1 Å². The van der Waals surface area contributed by atoms with E-state index in [0.717, 1.165) is 22.3 Å². The molecule has 1 heterocycles. The van der Waals surface area contributed by atoms with Gasteiger partial charge in [-0.1, -0.05) is 87.5 Å². The molecule has 4 rings (SSSR count). The molecule has 33 heavy (non-hydrogen) atoms. The molecule has 4 aromatic rings. The Morgan fingerprint density at radius 3 is 1.94 bits per heavy atom. The van der Waals surface area contributed by atoms with Crippen molar-refractivity contribution in [3.8, 4) is 22.3 Å². The fraction of sp³-hybridized carbons (Fsp3) is 0.143. The summed E-state index contributed by atoms with van der Waals surface area (Å²) in [7, 11) is 0. The van der Waals surface area contributed by atoms with Crippen LogP contribution in [0.25, 0.3) is 22.3 Å². The highest BCUT2D eigenvalue weighted by molar-refractivity contribution is 7.15. The van der Waals surface area contributed by atoms with E-state index in [4.69, 9.17) is 0 Å². The van der Waals surface area contributed by atoms with E-state index < -0.39 is 5.97 Å². The van der Waals surface area contributed by atoms with E-state index in [9.17, 15) is 14.7 Å². The van der Waals surface area contributed by atoms with Crippen molar-refractivity contribution in [2.24, 2.45) is 0 Å². The summed E-state index contributed by atoms with van der Waals surface area (Å²) < 4.78 is 0. The summed E-state index contributed by atoms with van der Waals surface area (Å²) in [6.07, 6.45) is 0. The minimum absolute atomic E-state index is 0.00973. The van der Waals surface area contributed by atoms with Crippen molar-refractivity contribution in [1.82, 2.24) is 0 Å². The van der Waals surface area contributed by atoms with Gasteiger partial charge in [0, 0.05) is 16.5 Å². The number of aromatic carboxylic acids is 1. The van der Waals surface area contributed by atoms with Gasteiger partial charge in [0.1, 0.15) is 10.6 Å². The fourth-order valence-corrected chi connectivity index (χ4v) is 4.60. The molecule has 0 saturated carbocycles. The molecule has 2 N–H and O–H groups in total. The molecular formula is C28H25NO3S. The van der Waals surface area contributed by atoms with Gasteiger partial charge in [0.25, 0.3) is 5.91 Å². The van der Waals surface area contributed by atoms with E-state index in [0.29, 0.717) is 16.1 Å². The Hall–Kier alpha value is -3.70. The van der Waals surface area contributed by atoms with Crippen LogP contribution < -0.4 is 5.32 Å². The van der Waals surface area contributed by atoms with Crippen LogP contribution >= 0.6 is 11.3 Å². The molecule has 0 aliphatic rings. The SMILES string of the molecule is CC(C)(C)c1ccc(C(=O)Nc2scc(-c3ccc(-c4ccccc4)cc3)c2C(=O)O)cc1. The van der Waals surface area contributed by atoms with Crippen molar-refractivity contribution in [1.29, 1.82) is 0 Å². The van der Waals surface area contributed by atoms with Crippen LogP contribution in [0.4, 0.5) is 5.00 Å². The summed E-state index contributed by atoms with van der Waals surface area (Å²) in [5, 5.41) is 14.8. The molecule has 0 atom stereocenters. The third kappa shape index (κ3) is 4.89. The lowest BCUT2D eigenvalue weighted by atomic mass is 9.87. The summed E-state index contributed by atoms with van der Waals surface area (Å²) in [5.41, 5.74) is 5.24. The summed E-state index contributed by atoms with van der Waals surface area (Å²) in [6.45, 7) is 6.34. The number of thiophene rings is 1. The van der Waals surface area contributed by atoms with Crippen LogP contribution in [-0.2, 0) is 5.41 Å². The Bertz CT molecular complexity index is 1280. The first-order valence-corrected chi connectivity index (χ1v) is 11.5. The van der Waals surface area contributed by atoms with Gasteiger partial charge in [0.05, 0.1) is 0 Å². The number of carbonyl (C=O) groups is 2. The summed E-state index contributed by atoms with van der Waals surface area (Å²) in [5.74, 6) is -1.40. The second-order valence-electron chi connectivity index (χ2n) is 8.88. The maximum absolute atomic E-state index is 12.8. The minimum Gasteiger partial charge on any atom is -0.478 e. The normalized spacial score (nSPS) is 11.2. The highest BCUT2D eigenvalue weighted by atomic mass is 32.1. The van der Waals surface area contributed by atoms with Gasteiger partial charge < -0.3 is 10.4 Å². The zero-order valence-corrected chi connectivity index (χ0v) is 19.6. The first-order valence-electron chi connectivity index (χ1n) is 10.7. The number of nitrogens with one attached hydrogen (secondary N) is 1. The Morgan fingerprint density at radius 1 is 0.788 bits per heavy atom. The van der Waals surface area contributed by atoms with Crippen LogP contribution in [0.3, 0.4) is 0 Å². The molecule has 0 bridgehead atoms. The molecule has 4 nitrogen and oxygen atoms in total.